The van der Waals surface area contributed by atoms with Crippen LogP contribution in [-0.4, -0.2) is 25.2 Å². The summed E-state index contributed by atoms with van der Waals surface area (Å²) < 4.78 is 5.12. The molecular weight excluding hydrogens is 168 g/mol. The van der Waals surface area contributed by atoms with E-state index in [4.69, 9.17) is 4.74 Å². The van der Waals surface area contributed by atoms with Crippen LogP contribution in [0, 0.1) is 5.92 Å². The van der Waals surface area contributed by atoms with E-state index >= 15 is 0 Å². The van der Waals surface area contributed by atoms with Gasteiger partial charge < -0.3 is 15.4 Å². The van der Waals surface area contributed by atoms with Crippen molar-refractivity contribution in [2.75, 3.05) is 13.1 Å². The Balaban J connectivity index is 2.31. The van der Waals surface area contributed by atoms with Gasteiger partial charge >= 0.3 is 5.97 Å². The number of nitrogens with one attached hydrogen (secondary N) is 2. The van der Waals surface area contributed by atoms with Crippen LogP contribution in [0.4, 0.5) is 0 Å². The second kappa shape index (κ2) is 2.94. The van der Waals surface area contributed by atoms with Gasteiger partial charge in [0.25, 0.3) is 0 Å². The zero-order valence-corrected chi connectivity index (χ0v) is 7.89. The van der Waals surface area contributed by atoms with Crippen LogP contribution in [0.15, 0.2) is 11.4 Å². The fourth-order valence-electron chi connectivity index (χ4n) is 1.71. The predicted octanol–water partition coefficient (Wildman–Crippen LogP) is -0.0278. The molecule has 2 unspecified atom stereocenters. The van der Waals surface area contributed by atoms with Crippen LogP contribution in [0.5, 0.6) is 0 Å². The average molecular weight is 182 g/mol. The second-order valence-corrected chi connectivity index (χ2v) is 3.54. The second-order valence-electron chi connectivity index (χ2n) is 3.54. The first-order chi connectivity index (χ1) is 6.20. The molecule has 4 heteroatoms. The summed E-state index contributed by atoms with van der Waals surface area (Å²) >= 11 is 0. The van der Waals surface area contributed by atoms with E-state index in [-0.39, 0.29) is 18.0 Å². The van der Waals surface area contributed by atoms with Crippen LogP contribution < -0.4 is 10.6 Å². The van der Waals surface area contributed by atoms with Crippen LogP contribution in [0.3, 0.4) is 0 Å². The van der Waals surface area contributed by atoms with Gasteiger partial charge in [0.2, 0.25) is 0 Å². The lowest BCUT2D eigenvalue weighted by molar-refractivity contribution is -0.138. The number of cyclic esters (lactones) is 1. The third-order valence-corrected chi connectivity index (χ3v) is 2.67. The van der Waals surface area contributed by atoms with E-state index in [0.29, 0.717) is 0 Å². The van der Waals surface area contributed by atoms with E-state index < -0.39 is 0 Å². The maximum absolute atomic E-state index is 11.4. The van der Waals surface area contributed by atoms with E-state index in [1.54, 1.807) is 0 Å². The topological polar surface area (TPSA) is 50.4 Å². The number of hydrogen-bond donors (Lipinski definition) is 2. The van der Waals surface area contributed by atoms with Gasteiger partial charge in [-0.05, 0) is 6.92 Å². The van der Waals surface area contributed by atoms with Gasteiger partial charge in [-0.3, -0.25) is 0 Å². The predicted molar refractivity (Wildman–Crippen MR) is 47.7 cm³/mol. The minimum absolute atomic E-state index is 0.000741. The Kier molecular flexibility index (Phi) is 1.90. The quantitative estimate of drug-likeness (QED) is 0.408. The van der Waals surface area contributed by atoms with Gasteiger partial charge in [-0.15, -0.1) is 0 Å². The van der Waals surface area contributed by atoms with Crippen LogP contribution in [0.1, 0.15) is 13.8 Å². The molecule has 0 aliphatic carbocycles. The molecule has 2 atom stereocenters. The highest BCUT2D eigenvalue weighted by molar-refractivity contribution is 5.92. The summed E-state index contributed by atoms with van der Waals surface area (Å²) in [6.45, 7) is 5.70. The molecule has 0 aromatic heterocycles. The molecule has 2 aliphatic heterocycles. The number of carbonyl (C=O) groups is 1. The summed E-state index contributed by atoms with van der Waals surface area (Å²) in [5.74, 6) is 0.861. The first-order valence-corrected chi connectivity index (χ1v) is 4.63. The summed E-state index contributed by atoms with van der Waals surface area (Å²) in [6.07, 6.45) is -0.000741. The largest absolute Gasteiger partial charge is 0.459 e. The fraction of sp³-hybridized carbons (Fsp3) is 0.667. The monoisotopic (exact) mass is 182 g/mol. The lowest BCUT2D eigenvalue weighted by atomic mass is 9.99. The van der Waals surface area contributed by atoms with Gasteiger partial charge in [0, 0.05) is 19.0 Å². The lowest BCUT2D eigenvalue weighted by Crippen LogP contribution is -2.19. The zero-order valence-electron chi connectivity index (χ0n) is 7.89. The van der Waals surface area contributed by atoms with Crippen molar-refractivity contribution in [3.8, 4) is 0 Å². The SMILES string of the molecule is CC1OC(=O)C(=C2NCCN2)C1C. The number of rotatable bonds is 0. The van der Waals surface area contributed by atoms with E-state index in [0.717, 1.165) is 24.5 Å². The number of hydrogen-bond acceptors (Lipinski definition) is 4. The van der Waals surface area contributed by atoms with Crippen molar-refractivity contribution < 1.29 is 9.53 Å². The van der Waals surface area contributed by atoms with Crippen LogP contribution >= 0.6 is 0 Å². The van der Waals surface area contributed by atoms with Gasteiger partial charge in [0.1, 0.15) is 11.9 Å². The van der Waals surface area contributed by atoms with Crippen LogP contribution in [0.25, 0.3) is 0 Å². The van der Waals surface area contributed by atoms with Crippen LogP contribution in [0.2, 0.25) is 0 Å². The van der Waals surface area contributed by atoms with Crippen molar-refractivity contribution in [2.45, 2.75) is 20.0 Å². The minimum atomic E-state index is -0.183. The molecule has 0 amide bonds. The van der Waals surface area contributed by atoms with Gasteiger partial charge in [-0.25, -0.2) is 4.79 Å². The Hall–Kier alpha value is -1.19. The Morgan fingerprint density at radius 2 is 1.92 bits per heavy atom. The van der Waals surface area contributed by atoms with E-state index in [1.807, 2.05) is 13.8 Å². The normalized spacial score (nSPS) is 32.9. The molecule has 0 aromatic rings. The molecule has 0 bridgehead atoms. The standard InChI is InChI=1S/C9H14N2O2/c1-5-6(2)13-9(12)7(5)8-10-3-4-11-8/h5-6,10-11H,3-4H2,1-2H3. The van der Waals surface area contributed by atoms with Crippen molar-refractivity contribution in [3.63, 3.8) is 0 Å². The summed E-state index contributed by atoms with van der Waals surface area (Å²) in [7, 11) is 0. The fourth-order valence-corrected chi connectivity index (χ4v) is 1.71. The van der Waals surface area contributed by atoms with E-state index in [1.165, 1.54) is 0 Å². The summed E-state index contributed by atoms with van der Waals surface area (Å²) in [5, 5.41) is 6.30. The van der Waals surface area contributed by atoms with Gasteiger partial charge in [0.15, 0.2) is 0 Å². The molecule has 2 saturated heterocycles. The highest BCUT2D eigenvalue weighted by atomic mass is 16.5. The summed E-state index contributed by atoms with van der Waals surface area (Å²) in [4.78, 5) is 11.4. The molecule has 13 heavy (non-hydrogen) atoms. The van der Waals surface area contributed by atoms with Crippen molar-refractivity contribution >= 4 is 5.97 Å². The maximum Gasteiger partial charge on any atom is 0.338 e. The van der Waals surface area contributed by atoms with Crippen molar-refractivity contribution in [3.05, 3.63) is 11.4 Å². The highest BCUT2D eigenvalue weighted by Gasteiger charge is 2.36. The molecule has 2 fully saturated rings. The smallest absolute Gasteiger partial charge is 0.338 e. The summed E-state index contributed by atoms with van der Waals surface area (Å²) in [6, 6.07) is 0. The average Bonchev–Trinajstić information content (AvgIpc) is 2.63. The molecule has 2 N–H and O–H groups in total. The van der Waals surface area contributed by atoms with Gasteiger partial charge in [-0.2, -0.15) is 0 Å². The molecule has 4 nitrogen and oxygen atoms in total. The minimum Gasteiger partial charge on any atom is -0.459 e. The molecule has 2 rings (SSSR count). The molecule has 0 radical (unpaired) electrons. The Morgan fingerprint density at radius 1 is 1.31 bits per heavy atom. The molecule has 0 saturated carbocycles. The van der Waals surface area contributed by atoms with Crippen molar-refractivity contribution in [1.29, 1.82) is 0 Å². The zero-order chi connectivity index (χ0) is 9.42. The van der Waals surface area contributed by atoms with Crippen molar-refractivity contribution in [1.82, 2.24) is 10.6 Å². The third-order valence-electron chi connectivity index (χ3n) is 2.67. The molecular formula is C9H14N2O2. The Morgan fingerprint density at radius 3 is 2.38 bits per heavy atom. The number of carbonyl (C=O) groups excluding carboxylic acids is 1. The van der Waals surface area contributed by atoms with Crippen LogP contribution in [-0.2, 0) is 9.53 Å². The molecule has 0 aromatic carbocycles. The number of esters is 1. The molecule has 2 aliphatic rings. The lowest BCUT2D eigenvalue weighted by Gasteiger charge is -2.08. The number of ether oxygens (including phenoxy) is 1. The third kappa shape index (κ3) is 1.26. The Labute approximate surface area is 77.3 Å². The molecule has 0 spiro atoms. The summed E-state index contributed by atoms with van der Waals surface area (Å²) in [5.41, 5.74) is 0.769. The first kappa shape index (κ1) is 8.41. The van der Waals surface area contributed by atoms with Crippen molar-refractivity contribution in [2.24, 2.45) is 5.92 Å². The highest BCUT2D eigenvalue weighted by Crippen LogP contribution is 2.28. The van der Waals surface area contributed by atoms with E-state index in [2.05, 4.69) is 10.6 Å². The maximum atomic E-state index is 11.4. The molecule has 72 valence electrons. The molecule has 2 heterocycles. The van der Waals surface area contributed by atoms with Gasteiger partial charge in [0.05, 0.1) is 5.57 Å². The van der Waals surface area contributed by atoms with E-state index in [9.17, 15) is 4.79 Å². The Bertz CT molecular complexity index is 265. The first-order valence-electron chi connectivity index (χ1n) is 4.63. The van der Waals surface area contributed by atoms with Gasteiger partial charge in [-0.1, -0.05) is 6.92 Å².